The second-order valence-electron chi connectivity index (χ2n) is 11.3. The van der Waals surface area contributed by atoms with Crippen molar-refractivity contribution < 1.29 is 35.9 Å². The number of hydrogen-bond acceptors (Lipinski definition) is 5. The van der Waals surface area contributed by atoms with E-state index in [1.165, 1.54) is 11.3 Å². The number of alkyl halides is 6. The monoisotopic (exact) mass is 625 g/mol. The molecule has 1 amide bonds. The van der Waals surface area contributed by atoms with Crippen LogP contribution >= 0.6 is 11.3 Å². The van der Waals surface area contributed by atoms with Crippen LogP contribution in [0, 0.1) is 6.92 Å². The van der Waals surface area contributed by atoms with E-state index in [4.69, 9.17) is 9.72 Å². The van der Waals surface area contributed by atoms with E-state index in [2.05, 4.69) is 4.90 Å². The van der Waals surface area contributed by atoms with Crippen LogP contribution in [0.5, 0.6) is 0 Å². The Morgan fingerprint density at radius 1 is 1.00 bits per heavy atom. The van der Waals surface area contributed by atoms with Gasteiger partial charge in [0, 0.05) is 29.9 Å². The lowest BCUT2D eigenvalue weighted by Crippen LogP contribution is -2.39. The summed E-state index contributed by atoms with van der Waals surface area (Å²) in [5.74, 6) is 0.716. The Bertz CT molecular complexity index is 1430. The van der Waals surface area contributed by atoms with E-state index in [1.54, 1.807) is 18.3 Å². The lowest BCUT2D eigenvalue weighted by atomic mass is 9.93. The minimum atomic E-state index is -5.01. The Labute approximate surface area is 250 Å². The summed E-state index contributed by atoms with van der Waals surface area (Å²) in [7, 11) is 0. The number of rotatable bonds is 7. The van der Waals surface area contributed by atoms with Gasteiger partial charge in [0.1, 0.15) is 11.9 Å². The third-order valence-corrected chi connectivity index (χ3v) is 9.27. The molecule has 12 heteroatoms. The van der Waals surface area contributed by atoms with Crippen LogP contribution in [0.2, 0.25) is 0 Å². The molecule has 1 aliphatic heterocycles. The molecule has 5 rings (SSSR count). The lowest BCUT2D eigenvalue weighted by Gasteiger charge is -2.36. The van der Waals surface area contributed by atoms with Crippen molar-refractivity contribution in [1.82, 2.24) is 9.88 Å². The Morgan fingerprint density at radius 3 is 2.21 bits per heavy atom. The number of halogens is 6. The largest absolute Gasteiger partial charge is 0.439 e. The number of thiophene rings is 1. The number of nitrogens with zero attached hydrogens (tertiary/aromatic N) is 3. The van der Waals surface area contributed by atoms with Crippen molar-refractivity contribution in [3.63, 3.8) is 0 Å². The number of anilines is 1. The predicted octanol–water partition coefficient (Wildman–Crippen LogP) is 9.40. The van der Waals surface area contributed by atoms with Gasteiger partial charge < -0.3 is 9.64 Å². The van der Waals surface area contributed by atoms with Crippen LogP contribution in [0.1, 0.15) is 79.9 Å². The van der Waals surface area contributed by atoms with E-state index in [1.807, 2.05) is 36.9 Å². The molecule has 0 N–H and O–H groups in total. The number of carbonyl (C=O) groups is 1. The normalized spacial score (nSPS) is 20.0. The van der Waals surface area contributed by atoms with Crippen LogP contribution in [-0.2, 0) is 23.6 Å². The number of aryl methyl sites for hydroxylation is 1. The number of hydrogen-bond donors (Lipinski definition) is 0. The van der Waals surface area contributed by atoms with E-state index in [-0.39, 0.29) is 24.2 Å². The average molecular weight is 626 g/mol. The van der Waals surface area contributed by atoms with Gasteiger partial charge in [0.25, 0.3) is 0 Å². The maximum absolute atomic E-state index is 13.6. The molecule has 1 saturated heterocycles. The van der Waals surface area contributed by atoms with Gasteiger partial charge in [-0.25, -0.2) is 9.78 Å². The number of pyridine rings is 1. The molecule has 43 heavy (non-hydrogen) atoms. The van der Waals surface area contributed by atoms with E-state index >= 15 is 0 Å². The van der Waals surface area contributed by atoms with Gasteiger partial charge in [-0.2, -0.15) is 37.7 Å². The van der Waals surface area contributed by atoms with Crippen LogP contribution in [0.4, 0.5) is 37.0 Å². The third-order valence-electron chi connectivity index (χ3n) is 8.41. The first kappa shape index (κ1) is 31.2. The summed E-state index contributed by atoms with van der Waals surface area (Å²) in [6.07, 6.45) is -4.92. The van der Waals surface area contributed by atoms with Crippen LogP contribution in [0.3, 0.4) is 0 Å². The molecule has 1 saturated carbocycles. The zero-order valence-corrected chi connectivity index (χ0v) is 24.9. The maximum atomic E-state index is 13.6. The van der Waals surface area contributed by atoms with Crippen molar-refractivity contribution in [1.29, 1.82) is 0 Å². The predicted molar refractivity (Wildman–Crippen MR) is 153 cm³/mol. The minimum absolute atomic E-state index is 0.0319. The second-order valence-corrected chi connectivity index (χ2v) is 12.0. The van der Waals surface area contributed by atoms with Gasteiger partial charge in [-0.15, -0.1) is 0 Å². The topological polar surface area (TPSA) is 45.7 Å². The fourth-order valence-corrected chi connectivity index (χ4v) is 7.00. The molecule has 2 aliphatic rings. The van der Waals surface area contributed by atoms with E-state index in [0.29, 0.717) is 24.5 Å². The van der Waals surface area contributed by atoms with Crippen LogP contribution in [0.25, 0.3) is 11.1 Å². The van der Waals surface area contributed by atoms with Crippen molar-refractivity contribution in [3.05, 3.63) is 69.0 Å². The van der Waals surface area contributed by atoms with Crippen LogP contribution in [-0.4, -0.2) is 34.6 Å². The van der Waals surface area contributed by atoms with Crippen molar-refractivity contribution >= 4 is 23.2 Å². The highest BCUT2D eigenvalue weighted by molar-refractivity contribution is 7.08. The summed E-state index contributed by atoms with van der Waals surface area (Å²) < 4.78 is 86.8. The molecular formula is C31H33F6N3O2S. The fraction of sp³-hybridized carbons (Fsp3) is 0.484. The summed E-state index contributed by atoms with van der Waals surface area (Å²) in [6.45, 7) is 6.33. The summed E-state index contributed by atoms with van der Waals surface area (Å²) >= 11 is 1.56. The summed E-state index contributed by atoms with van der Waals surface area (Å²) in [5.41, 5.74) is 0.421. The van der Waals surface area contributed by atoms with E-state index < -0.39 is 41.7 Å². The fourth-order valence-electron chi connectivity index (χ4n) is 6.14. The van der Waals surface area contributed by atoms with Crippen LogP contribution in [0.15, 0.2) is 41.2 Å². The number of carbonyl (C=O) groups excluding carboxylic acids is 1. The van der Waals surface area contributed by atoms with Gasteiger partial charge in [0.05, 0.1) is 23.7 Å². The molecule has 3 heterocycles. The van der Waals surface area contributed by atoms with Gasteiger partial charge >= 0.3 is 18.4 Å². The molecule has 5 nitrogen and oxygen atoms in total. The first-order valence-corrected chi connectivity index (χ1v) is 15.3. The summed E-state index contributed by atoms with van der Waals surface area (Å²) in [4.78, 5) is 21.7. The molecule has 2 aromatic heterocycles. The molecule has 0 bridgehead atoms. The quantitative estimate of drug-likeness (QED) is 0.246. The molecule has 232 valence electrons. The van der Waals surface area contributed by atoms with Crippen molar-refractivity contribution in [2.75, 3.05) is 11.4 Å². The second kappa shape index (κ2) is 12.0. The maximum Gasteiger partial charge on any atom is 0.416 e. The molecule has 2 unspecified atom stereocenters. The molecule has 2 fully saturated rings. The SMILES string of the molecule is CCN(c1ncc(-c2cscc2C)cc1CN1C(=O)OC(c2cc(C(F)(F)F)cc(C(F)(F)F)c2)C1C)C1CCCCC1. The van der Waals surface area contributed by atoms with Crippen molar-refractivity contribution in [2.24, 2.45) is 0 Å². The number of cyclic esters (lactones) is 1. The van der Waals surface area contributed by atoms with Crippen molar-refractivity contribution in [3.8, 4) is 11.1 Å². The number of amides is 1. The van der Waals surface area contributed by atoms with E-state index in [0.717, 1.165) is 47.9 Å². The average Bonchev–Trinajstić information content (AvgIpc) is 3.51. The van der Waals surface area contributed by atoms with Gasteiger partial charge in [-0.05, 0) is 85.3 Å². The standard InChI is InChI=1S/C31H33F6N3O2S/c1-4-39(25-8-6-5-7-9-25)28-22(10-21(14-38-28)26-17-43-16-18(26)2)15-40-19(3)27(42-29(40)41)20-11-23(30(32,33)34)13-24(12-20)31(35,36)37/h10-14,16-17,19,25,27H,4-9,15H2,1-3H3. The summed E-state index contributed by atoms with van der Waals surface area (Å²) in [5, 5.41) is 4.04. The molecular weight excluding hydrogens is 592 g/mol. The number of ether oxygens (including phenoxy) is 1. The van der Waals surface area contributed by atoms with Gasteiger partial charge in [0.2, 0.25) is 0 Å². The Balaban J connectivity index is 1.52. The molecule has 0 spiro atoms. The zero-order valence-electron chi connectivity index (χ0n) is 24.1. The highest BCUT2D eigenvalue weighted by Crippen LogP contribution is 2.42. The lowest BCUT2D eigenvalue weighted by molar-refractivity contribution is -0.143. The Kier molecular flexibility index (Phi) is 8.70. The summed E-state index contributed by atoms with van der Waals surface area (Å²) in [6, 6.07) is 2.73. The number of benzene rings is 1. The highest BCUT2D eigenvalue weighted by atomic mass is 32.1. The van der Waals surface area contributed by atoms with Gasteiger partial charge in [-0.3, -0.25) is 4.90 Å². The first-order valence-electron chi connectivity index (χ1n) is 14.3. The minimum Gasteiger partial charge on any atom is -0.439 e. The zero-order chi connectivity index (χ0) is 31.1. The molecule has 0 radical (unpaired) electrons. The van der Waals surface area contributed by atoms with Gasteiger partial charge in [0.15, 0.2) is 0 Å². The first-order chi connectivity index (χ1) is 20.3. The van der Waals surface area contributed by atoms with E-state index in [9.17, 15) is 31.1 Å². The smallest absolute Gasteiger partial charge is 0.416 e. The van der Waals surface area contributed by atoms with Crippen LogP contribution < -0.4 is 4.90 Å². The Morgan fingerprint density at radius 2 is 1.65 bits per heavy atom. The molecule has 2 atom stereocenters. The highest BCUT2D eigenvalue weighted by Gasteiger charge is 2.43. The van der Waals surface area contributed by atoms with Crippen molar-refractivity contribution in [2.45, 2.75) is 90.0 Å². The third kappa shape index (κ3) is 6.49. The molecule has 3 aromatic rings. The van der Waals surface area contributed by atoms with Gasteiger partial charge in [-0.1, -0.05) is 19.3 Å². The Hall–Kier alpha value is -3.28. The molecule has 1 aromatic carbocycles. The molecule has 1 aliphatic carbocycles. The number of aromatic nitrogens is 1.